The van der Waals surface area contributed by atoms with E-state index in [1.165, 1.54) is 0 Å². The molecule has 0 saturated heterocycles. The highest BCUT2D eigenvalue weighted by Crippen LogP contribution is 2.33. The summed E-state index contributed by atoms with van der Waals surface area (Å²) in [6.45, 7) is 0. The molecule has 2 N–H and O–H groups in total. The Morgan fingerprint density at radius 1 is 0.758 bits per heavy atom. The van der Waals surface area contributed by atoms with E-state index in [2.05, 4.69) is 48.3 Å². The number of H-pyrrole nitrogens is 2. The number of nitrogens with zero attached hydrogens (tertiary/aromatic N) is 6. The molecule has 1 aromatic carbocycles. The molecule has 0 bridgehead atoms. The van der Waals surface area contributed by atoms with Gasteiger partial charge in [0.2, 0.25) is 0 Å². The van der Waals surface area contributed by atoms with Crippen LogP contribution < -0.4 is 4.90 Å². The van der Waals surface area contributed by atoms with Crippen LogP contribution in [0.15, 0.2) is 73.6 Å². The fourth-order valence-electron chi connectivity index (χ4n) is 3.99. The van der Waals surface area contributed by atoms with Crippen molar-refractivity contribution in [1.29, 1.82) is 0 Å². The molecule has 0 aliphatic carbocycles. The van der Waals surface area contributed by atoms with Crippen LogP contribution in [0.25, 0.3) is 55.7 Å². The molecule has 0 spiro atoms. The van der Waals surface area contributed by atoms with Gasteiger partial charge < -0.3 is 9.88 Å². The molecule has 5 heterocycles. The van der Waals surface area contributed by atoms with Crippen molar-refractivity contribution in [3.8, 4) is 33.8 Å². The van der Waals surface area contributed by atoms with E-state index in [1.54, 1.807) is 18.6 Å². The van der Waals surface area contributed by atoms with Crippen LogP contribution in [-0.4, -0.2) is 49.2 Å². The maximum absolute atomic E-state index is 4.90. The summed E-state index contributed by atoms with van der Waals surface area (Å²) in [5.74, 6) is 0.692. The van der Waals surface area contributed by atoms with E-state index in [1.807, 2.05) is 55.8 Å². The molecular weight excluding hydrogens is 412 g/mol. The molecule has 6 aromatic rings. The van der Waals surface area contributed by atoms with Gasteiger partial charge in [0.25, 0.3) is 0 Å². The van der Waals surface area contributed by atoms with Gasteiger partial charge in [0.1, 0.15) is 5.69 Å². The van der Waals surface area contributed by atoms with Crippen LogP contribution in [0.4, 0.5) is 5.69 Å². The summed E-state index contributed by atoms with van der Waals surface area (Å²) in [6, 6.07) is 12.3. The number of pyridine rings is 3. The monoisotopic (exact) mass is 432 g/mol. The second-order valence-electron chi connectivity index (χ2n) is 8.06. The Morgan fingerprint density at radius 2 is 1.61 bits per heavy atom. The number of benzene rings is 1. The van der Waals surface area contributed by atoms with Gasteiger partial charge in [-0.2, -0.15) is 5.10 Å². The van der Waals surface area contributed by atoms with Gasteiger partial charge in [0.05, 0.1) is 34.6 Å². The van der Waals surface area contributed by atoms with E-state index < -0.39 is 0 Å². The molecule has 160 valence electrons. The first-order chi connectivity index (χ1) is 16.2. The van der Waals surface area contributed by atoms with Crippen LogP contribution >= 0.6 is 0 Å². The highest BCUT2D eigenvalue weighted by molar-refractivity contribution is 5.98. The number of nitrogens with one attached hydrogen (secondary N) is 2. The number of hydrogen-bond acceptors (Lipinski definition) is 6. The van der Waals surface area contributed by atoms with Gasteiger partial charge in [0, 0.05) is 55.4 Å². The SMILES string of the molecule is CN(C)c1cncc(-c2ccc3[nH]nc(-c4nc5c(-c6ccncc6)cncc5[nH]4)c3c2)c1. The summed E-state index contributed by atoms with van der Waals surface area (Å²) in [6.07, 6.45) is 10.9. The van der Waals surface area contributed by atoms with Crippen molar-refractivity contribution in [2.45, 2.75) is 0 Å². The number of rotatable bonds is 4. The second kappa shape index (κ2) is 7.52. The van der Waals surface area contributed by atoms with Gasteiger partial charge in [-0.1, -0.05) is 6.07 Å². The van der Waals surface area contributed by atoms with Crippen molar-refractivity contribution >= 4 is 27.6 Å². The van der Waals surface area contributed by atoms with E-state index >= 15 is 0 Å². The topological polar surface area (TPSA) is 99.3 Å². The lowest BCUT2D eigenvalue weighted by atomic mass is 10.0. The Hall–Kier alpha value is -4.59. The molecule has 0 aliphatic rings. The molecule has 0 atom stereocenters. The van der Waals surface area contributed by atoms with Crippen LogP contribution in [0.3, 0.4) is 0 Å². The third-order valence-corrected chi connectivity index (χ3v) is 5.75. The Bertz CT molecular complexity index is 1600. The lowest BCUT2D eigenvalue weighted by Gasteiger charge is -2.13. The molecule has 0 amide bonds. The minimum absolute atomic E-state index is 0.692. The minimum atomic E-state index is 0.692. The lowest BCUT2D eigenvalue weighted by Crippen LogP contribution is -2.08. The van der Waals surface area contributed by atoms with E-state index in [4.69, 9.17) is 4.98 Å². The third-order valence-electron chi connectivity index (χ3n) is 5.75. The quantitative estimate of drug-likeness (QED) is 0.419. The van der Waals surface area contributed by atoms with Crippen LogP contribution in [0.1, 0.15) is 0 Å². The minimum Gasteiger partial charge on any atom is -0.376 e. The smallest absolute Gasteiger partial charge is 0.159 e. The molecular formula is C25H20N8. The van der Waals surface area contributed by atoms with Gasteiger partial charge >= 0.3 is 0 Å². The van der Waals surface area contributed by atoms with Crippen molar-refractivity contribution in [2.24, 2.45) is 0 Å². The standard InChI is InChI=1S/C25H20N8/c1-33(2)18-9-17(11-27-12-18)16-3-4-21-19(10-16)24(32-31-21)25-29-22-14-28-13-20(23(22)30-25)15-5-7-26-8-6-15/h3-14H,1-2H3,(H,29,30)(H,31,32). The van der Waals surface area contributed by atoms with Crippen LogP contribution in [0.5, 0.6) is 0 Å². The second-order valence-corrected chi connectivity index (χ2v) is 8.06. The Morgan fingerprint density at radius 3 is 2.45 bits per heavy atom. The molecule has 0 radical (unpaired) electrons. The molecule has 8 nitrogen and oxygen atoms in total. The first kappa shape index (κ1) is 19.1. The summed E-state index contributed by atoms with van der Waals surface area (Å²) in [5, 5.41) is 8.68. The molecule has 5 aromatic heterocycles. The fourth-order valence-corrected chi connectivity index (χ4v) is 3.99. The lowest BCUT2D eigenvalue weighted by molar-refractivity contribution is 1.11. The highest BCUT2D eigenvalue weighted by Gasteiger charge is 2.16. The molecule has 0 saturated carbocycles. The van der Waals surface area contributed by atoms with Crippen molar-refractivity contribution in [2.75, 3.05) is 19.0 Å². The first-order valence-electron chi connectivity index (χ1n) is 10.5. The van der Waals surface area contributed by atoms with Crippen LogP contribution in [-0.2, 0) is 0 Å². The van der Waals surface area contributed by atoms with E-state index in [0.29, 0.717) is 5.82 Å². The summed E-state index contributed by atoms with van der Waals surface area (Å²) in [5.41, 5.74) is 8.54. The van der Waals surface area contributed by atoms with E-state index in [0.717, 1.165) is 55.6 Å². The van der Waals surface area contributed by atoms with Crippen LogP contribution in [0.2, 0.25) is 0 Å². The first-order valence-corrected chi connectivity index (χ1v) is 10.5. The predicted molar refractivity (Wildman–Crippen MR) is 130 cm³/mol. The maximum Gasteiger partial charge on any atom is 0.159 e. The molecule has 0 aliphatic heterocycles. The van der Waals surface area contributed by atoms with Gasteiger partial charge in [0.15, 0.2) is 5.82 Å². The average Bonchev–Trinajstić information content (AvgIpc) is 3.48. The normalized spacial score (nSPS) is 11.3. The third kappa shape index (κ3) is 3.28. The number of hydrogen-bond donors (Lipinski definition) is 2. The maximum atomic E-state index is 4.90. The van der Waals surface area contributed by atoms with Gasteiger partial charge in [-0.25, -0.2) is 4.98 Å². The Kier molecular flexibility index (Phi) is 4.36. The van der Waals surface area contributed by atoms with Crippen molar-refractivity contribution < 1.29 is 0 Å². The Labute approximate surface area is 189 Å². The van der Waals surface area contributed by atoms with Gasteiger partial charge in [-0.05, 0) is 41.5 Å². The molecule has 6 rings (SSSR count). The number of anilines is 1. The Balaban J connectivity index is 1.48. The van der Waals surface area contributed by atoms with Crippen molar-refractivity contribution in [3.05, 3.63) is 73.6 Å². The van der Waals surface area contributed by atoms with Crippen LogP contribution in [0, 0.1) is 0 Å². The summed E-state index contributed by atoms with van der Waals surface area (Å²) in [7, 11) is 4.02. The zero-order valence-corrected chi connectivity index (χ0v) is 18.1. The summed E-state index contributed by atoms with van der Waals surface area (Å²) < 4.78 is 0. The summed E-state index contributed by atoms with van der Waals surface area (Å²) in [4.78, 5) is 23.2. The zero-order chi connectivity index (χ0) is 22.4. The molecule has 0 unspecified atom stereocenters. The van der Waals surface area contributed by atoms with Crippen molar-refractivity contribution in [3.63, 3.8) is 0 Å². The molecule has 33 heavy (non-hydrogen) atoms. The molecule has 8 heteroatoms. The average molecular weight is 432 g/mol. The largest absolute Gasteiger partial charge is 0.376 e. The number of aromatic nitrogens is 7. The van der Waals surface area contributed by atoms with Gasteiger partial charge in [-0.15, -0.1) is 0 Å². The number of imidazole rings is 1. The van der Waals surface area contributed by atoms with Crippen molar-refractivity contribution in [1.82, 2.24) is 35.1 Å². The fraction of sp³-hybridized carbons (Fsp3) is 0.0800. The van der Waals surface area contributed by atoms with Gasteiger partial charge in [-0.3, -0.25) is 20.1 Å². The highest BCUT2D eigenvalue weighted by atomic mass is 15.1. The predicted octanol–water partition coefficient (Wildman–Crippen LogP) is 4.69. The van der Waals surface area contributed by atoms with E-state index in [-0.39, 0.29) is 0 Å². The molecule has 0 fully saturated rings. The summed E-state index contributed by atoms with van der Waals surface area (Å²) >= 11 is 0. The number of aromatic amines is 2. The zero-order valence-electron chi connectivity index (χ0n) is 18.1. The van der Waals surface area contributed by atoms with E-state index in [9.17, 15) is 0 Å². The number of fused-ring (bicyclic) bond motifs is 2.